The fourth-order valence-corrected chi connectivity index (χ4v) is 4.82. The van der Waals surface area contributed by atoms with E-state index in [0.717, 1.165) is 24.7 Å². The summed E-state index contributed by atoms with van der Waals surface area (Å²) in [5.74, 6) is -0.00729. The summed E-state index contributed by atoms with van der Waals surface area (Å²) in [6, 6.07) is 14.8. The molecule has 8 heteroatoms. The third-order valence-electron chi connectivity index (χ3n) is 5.51. The number of benzene rings is 2. The molecule has 2 aromatic carbocycles. The van der Waals surface area contributed by atoms with Crippen molar-refractivity contribution in [1.82, 2.24) is 4.90 Å². The first-order chi connectivity index (χ1) is 14.2. The number of hydrogen-bond donors (Lipinski definition) is 0. The van der Waals surface area contributed by atoms with E-state index in [9.17, 15) is 13.2 Å². The van der Waals surface area contributed by atoms with Crippen LogP contribution in [-0.4, -0.2) is 45.2 Å². The first-order valence-corrected chi connectivity index (χ1v) is 12.4. The molecule has 0 aromatic heterocycles. The zero-order chi connectivity index (χ0) is 21.8. The Labute approximate surface area is 188 Å². The van der Waals surface area contributed by atoms with Gasteiger partial charge in [-0.2, -0.15) is 8.42 Å². The van der Waals surface area contributed by atoms with Gasteiger partial charge in [-0.1, -0.05) is 47.5 Å². The molecule has 3 rings (SSSR count). The Morgan fingerprint density at radius 1 is 1.13 bits per heavy atom. The first kappa shape index (κ1) is 23.1. The molecule has 1 aliphatic heterocycles. The third-order valence-corrected chi connectivity index (χ3v) is 6.85. The Kier molecular flexibility index (Phi) is 7.45. The van der Waals surface area contributed by atoms with Crippen LogP contribution in [0.2, 0.25) is 10.0 Å². The molecule has 1 fully saturated rings. The van der Waals surface area contributed by atoms with E-state index >= 15 is 0 Å². The Hall–Kier alpha value is -1.60. The van der Waals surface area contributed by atoms with Gasteiger partial charge in [0.25, 0.3) is 16.0 Å². The van der Waals surface area contributed by atoms with E-state index in [1.165, 1.54) is 0 Å². The summed E-state index contributed by atoms with van der Waals surface area (Å²) in [7, 11) is -3.49. The second-order valence-electron chi connectivity index (χ2n) is 7.74. The minimum atomic E-state index is -3.49. The second-order valence-corrected chi connectivity index (χ2v) is 10.2. The van der Waals surface area contributed by atoms with Crippen LogP contribution >= 0.6 is 23.2 Å². The lowest BCUT2D eigenvalue weighted by Gasteiger charge is -2.44. The maximum Gasteiger partial charge on any atom is 0.264 e. The number of likely N-dealkylation sites (tertiary alicyclic amines) is 1. The normalized spacial score (nSPS) is 19.6. The standard InChI is InChI=1S/C22H25Cl2NO4S/c1-30(27,28)29-14-6-12-22(18-9-10-19(23)20(24)15-18)11-5-13-25(16-22)21(26)17-7-3-2-4-8-17/h2-4,7-10,15H,5-6,11-14,16H2,1H3. The van der Waals surface area contributed by atoms with Crippen LogP contribution in [0.5, 0.6) is 0 Å². The Bertz CT molecular complexity index is 997. The molecule has 0 spiro atoms. The van der Waals surface area contributed by atoms with Gasteiger partial charge in [-0.15, -0.1) is 0 Å². The summed E-state index contributed by atoms with van der Waals surface area (Å²) < 4.78 is 27.5. The van der Waals surface area contributed by atoms with Gasteiger partial charge in [0, 0.05) is 24.1 Å². The number of carbonyl (C=O) groups is 1. The molecular formula is C22H25Cl2NO4S. The van der Waals surface area contributed by atoms with Gasteiger partial charge < -0.3 is 4.90 Å². The first-order valence-electron chi connectivity index (χ1n) is 9.84. The summed E-state index contributed by atoms with van der Waals surface area (Å²) in [4.78, 5) is 14.9. The summed E-state index contributed by atoms with van der Waals surface area (Å²) >= 11 is 12.4. The molecule has 1 amide bonds. The molecule has 0 radical (unpaired) electrons. The van der Waals surface area contributed by atoms with Gasteiger partial charge in [0.1, 0.15) is 0 Å². The van der Waals surface area contributed by atoms with Gasteiger partial charge >= 0.3 is 0 Å². The highest BCUT2D eigenvalue weighted by Crippen LogP contribution is 2.40. The minimum absolute atomic E-state index is 0.00729. The summed E-state index contributed by atoms with van der Waals surface area (Å²) in [6.45, 7) is 1.31. The van der Waals surface area contributed by atoms with E-state index in [0.29, 0.717) is 41.5 Å². The number of carbonyl (C=O) groups excluding carboxylic acids is 1. The quantitative estimate of drug-likeness (QED) is 0.426. The van der Waals surface area contributed by atoms with E-state index in [1.54, 1.807) is 6.07 Å². The van der Waals surface area contributed by atoms with Crippen LogP contribution in [0, 0.1) is 0 Å². The highest BCUT2D eigenvalue weighted by molar-refractivity contribution is 7.85. The number of halogens is 2. The summed E-state index contributed by atoms with van der Waals surface area (Å²) in [5.41, 5.74) is 1.31. The van der Waals surface area contributed by atoms with Crippen molar-refractivity contribution in [2.75, 3.05) is 26.0 Å². The van der Waals surface area contributed by atoms with Crippen molar-refractivity contribution in [2.24, 2.45) is 0 Å². The number of amides is 1. The predicted molar refractivity (Wildman–Crippen MR) is 120 cm³/mol. The zero-order valence-electron chi connectivity index (χ0n) is 16.8. The molecule has 5 nitrogen and oxygen atoms in total. The maximum absolute atomic E-state index is 13.1. The maximum atomic E-state index is 13.1. The molecule has 30 heavy (non-hydrogen) atoms. The topological polar surface area (TPSA) is 63.7 Å². The molecule has 1 aliphatic rings. The van der Waals surface area contributed by atoms with E-state index in [4.69, 9.17) is 27.4 Å². The lowest BCUT2D eigenvalue weighted by Crippen LogP contribution is -2.48. The average molecular weight is 470 g/mol. The van der Waals surface area contributed by atoms with E-state index in [1.807, 2.05) is 47.4 Å². The van der Waals surface area contributed by atoms with E-state index < -0.39 is 10.1 Å². The number of hydrogen-bond acceptors (Lipinski definition) is 4. The van der Waals surface area contributed by atoms with Crippen molar-refractivity contribution >= 4 is 39.2 Å². The third kappa shape index (κ3) is 5.76. The fourth-order valence-electron chi connectivity index (χ4n) is 4.10. The Balaban J connectivity index is 1.86. The monoisotopic (exact) mass is 469 g/mol. The van der Waals surface area contributed by atoms with Gasteiger partial charge in [-0.25, -0.2) is 0 Å². The molecule has 0 saturated carbocycles. The van der Waals surface area contributed by atoms with Crippen LogP contribution in [0.15, 0.2) is 48.5 Å². The van der Waals surface area contributed by atoms with E-state index in [-0.39, 0.29) is 17.9 Å². The van der Waals surface area contributed by atoms with E-state index in [2.05, 4.69) is 0 Å². The van der Waals surface area contributed by atoms with Gasteiger partial charge in [0.05, 0.1) is 22.9 Å². The van der Waals surface area contributed by atoms with Gasteiger partial charge in [-0.05, 0) is 55.5 Å². The highest BCUT2D eigenvalue weighted by Gasteiger charge is 2.38. The summed E-state index contributed by atoms with van der Waals surface area (Å²) in [5, 5.41) is 0.941. The van der Waals surface area contributed by atoms with Crippen molar-refractivity contribution in [2.45, 2.75) is 31.1 Å². The lowest BCUT2D eigenvalue weighted by atomic mass is 9.71. The van der Waals surface area contributed by atoms with Gasteiger partial charge in [-0.3, -0.25) is 8.98 Å². The molecule has 1 heterocycles. The summed E-state index contributed by atoms with van der Waals surface area (Å²) in [6.07, 6.45) is 3.95. The van der Waals surface area contributed by atoms with Crippen LogP contribution in [0.4, 0.5) is 0 Å². The molecular weight excluding hydrogens is 445 g/mol. The Morgan fingerprint density at radius 3 is 2.53 bits per heavy atom. The van der Waals surface area contributed by atoms with Crippen LogP contribution in [-0.2, 0) is 19.7 Å². The van der Waals surface area contributed by atoms with Crippen LogP contribution < -0.4 is 0 Å². The van der Waals surface area contributed by atoms with Crippen molar-refractivity contribution in [3.63, 3.8) is 0 Å². The highest BCUT2D eigenvalue weighted by atomic mass is 35.5. The molecule has 162 valence electrons. The predicted octanol–water partition coefficient (Wildman–Crippen LogP) is 4.92. The Morgan fingerprint density at radius 2 is 1.87 bits per heavy atom. The SMILES string of the molecule is CS(=O)(=O)OCCCC1(c2ccc(Cl)c(Cl)c2)CCCN(C(=O)c2ccccc2)C1. The number of piperidine rings is 1. The molecule has 1 unspecified atom stereocenters. The van der Waals surface area contributed by atoms with Gasteiger partial charge in [0.2, 0.25) is 0 Å². The molecule has 1 saturated heterocycles. The van der Waals surface area contributed by atoms with Crippen molar-refractivity contribution < 1.29 is 17.4 Å². The molecule has 2 aromatic rings. The van der Waals surface area contributed by atoms with Crippen LogP contribution in [0.25, 0.3) is 0 Å². The number of nitrogens with zero attached hydrogens (tertiary/aromatic N) is 1. The van der Waals surface area contributed by atoms with Crippen LogP contribution in [0.1, 0.15) is 41.6 Å². The molecule has 0 N–H and O–H groups in total. The largest absolute Gasteiger partial charge is 0.338 e. The lowest BCUT2D eigenvalue weighted by molar-refractivity contribution is 0.0620. The zero-order valence-corrected chi connectivity index (χ0v) is 19.1. The second kappa shape index (κ2) is 9.69. The van der Waals surface area contributed by atoms with Crippen molar-refractivity contribution in [1.29, 1.82) is 0 Å². The molecule has 0 aliphatic carbocycles. The van der Waals surface area contributed by atoms with Crippen molar-refractivity contribution in [3.8, 4) is 0 Å². The van der Waals surface area contributed by atoms with Gasteiger partial charge in [0.15, 0.2) is 0 Å². The van der Waals surface area contributed by atoms with Crippen LogP contribution in [0.3, 0.4) is 0 Å². The molecule has 1 atom stereocenters. The van der Waals surface area contributed by atoms with Crippen molar-refractivity contribution in [3.05, 3.63) is 69.7 Å². The smallest absolute Gasteiger partial charge is 0.264 e. The minimum Gasteiger partial charge on any atom is -0.338 e. The fraction of sp³-hybridized carbons (Fsp3) is 0.409. The molecule has 0 bridgehead atoms. The average Bonchev–Trinajstić information content (AvgIpc) is 2.73. The number of rotatable bonds is 7.